The Hall–Kier alpha value is -0.490. The second-order valence-electron chi connectivity index (χ2n) is 5.17. The van der Waals surface area contributed by atoms with E-state index in [1.165, 1.54) is 0 Å². The lowest BCUT2D eigenvalue weighted by molar-refractivity contribution is -0.188. The molecule has 1 rings (SSSR count). The molecule has 1 fully saturated rings. The van der Waals surface area contributed by atoms with Crippen LogP contribution in [0.4, 0.5) is 13.2 Å². The highest BCUT2D eigenvalue weighted by molar-refractivity contribution is 5.85. The average molecular weight is 276 g/mol. The molecule has 1 heterocycles. The normalized spacial score (nSPS) is 26.7. The van der Waals surface area contributed by atoms with E-state index < -0.39 is 29.5 Å². The first kappa shape index (κ1) is 16.5. The predicted molar refractivity (Wildman–Crippen MR) is 59.2 cm³/mol. The molecule has 2 atom stereocenters. The Morgan fingerprint density at radius 1 is 1.24 bits per heavy atom. The number of carboxylic acids is 1. The number of hydrogen-bond acceptors (Lipinski definition) is 2. The third-order valence-corrected chi connectivity index (χ3v) is 3.01. The summed E-state index contributed by atoms with van der Waals surface area (Å²) < 4.78 is 37.9. The molecule has 0 aliphatic carbocycles. The van der Waals surface area contributed by atoms with Crippen molar-refractivity contribution in [2.24, 2.45) is 11.8 Å². The van der Waals surface area contributed by atoms with Gasteiger partial charge in [0.2, 0.25) is 0 Å². The summed E-state index contributed by atoms with van der Waals surface area (Å²) in [6.45, 7) is 5.08. The molecule has 1 aliphatic heterocycles. The number of hydrogen-bond donors (Lipinski definition) is 1. The van der Waals surface area contributed by atoms with E-state index in [-0.39, 0.29) is 25.5 Å². The van der Waals surface area contributed by atoms with Crippen molar-refractivity contribution >= 4 is 18.4 Å². The number of halogens is 4. The van der Waals surface area contributed by atoms with E-state index in [9.17, 15) is 18.0 Å². The molecule has 0 saturated carbocycles. The predicted octanol–water partition coefficient (Wildman–Crippen LogP) is 2.40. The molecule has 2 unspecified atom stereocenters. The minimum absolute atomic E-state index is 0. The molecule has 7 heteroatoms. The molecule has 0 aromatic carbocycles. The van der Waals surface area contributed by atoms with E-state index in [0.717, 1.165) is 0 Å². The minimum atomic E-state index is -4.44. The van der Waals surface area contributed by atoms with Gasteiger partial charge < -0.3 is 5.11 Å². The number of carboxylic acid groups (broad SMARTS) is 1. The Balaban J connectivity index is 0.00000256. The lowest BCUT2D eigenvalue weighted by atomic mass is 9.96. The molecule has 1 aliphatic rings. The van der Waals surface area contributed by atoms with Crippen LogP contribution >= 0.6 is 12.4 Å². The second-order valence-corrected chi connectivity index (χ2v) is 5.17. The van der Waals surface area contributed by atoms with E-state index in [1.54, 1.807) is 25.7 Å². The molecular formula is C10H17ClF3NO2. The molecule has 0 aromatic rings. The van der Waals surface area contributed by atoms with Crippen LogP contribution in [-0.2, 0) is 4.79 Å². The summed E-state index contributed by atoms with van der Waals surface area (Å²) in [4.78, 5) is 12.4. The van der Waals surface area contributed by atoms with Gasteiger partial charge in [-0.3, -0.25) is 9.69 Å². The zero-order chi connectivity index (χ0) is 12.7. The van der Waals surface area contributed by atoms with Crippen LogP contribution < -0.4 is 0 Å². The lowest BCUT2D eigenvalue weighted by Gasteiger charge is -2.31. The molecule has 0 radical (unpaired) electrons. The summed E-state index contributed by atoms with van der Waals surface area (Å²) in [6, 6.07) is 0. The van der Waals surface area contributed by atoms with Gasteiger partial charge in [0.15, 0.2) is 0 Å². The smallest absolute Gasteiger partial charge is 0.393 e. The van der Waals surface area contributed by atoms with Gasteiger partial charge in [-0.1, -0.05) is 0 Å². The van der Waals surface area contributed by atoms with Crippen molar-refractivity contribution in [1.29, 1.82) is 0 Å². The third kappa shape index (κ3) is 3.74. The largest absolute Gasteiger partial charge is 0.481 e. The highest BCUT2D eigenvalue weighted by Crippen LogP contribution is 2.39. The van der Waals surface area contributed by atoms with Crippen molar-refractivity contribution in [3.63, 3.8) is 0 Å². The summed E-state index contributed by atoms with van der Waals surface area (Å²) in [5, 5.41) is 8.80. The van der Waals surface area contributed by atoms with E-state index in [1.807, 2.05) is 0 Å². The van der Waals surface area contributed by atoms with Gasteiger partial charge in [0.25, 0.3) is 0 Å². The molecule has 1 saturated heterocycles. The summed E-state index contributed by atoms with van der Waals surface area (Å²) in [7, 11) is 0. The van der Waals surface area contributed by atoms with E-state index in [0.29, 0.717) is 0 Å². The van der Waals surface area contributed by atoms with Gasteiger partial charge in [0.1, 0.15) is 0 Å². The maximum atomic E-state index is 12.6. The quantitative estimate of drug-likeness (QED) is 0.799. The summed E-state index contributed by atoms with van der Waals surface area (Å²) in [6.07, 6.45) is -4.44. The molecular weight excluding hydrogens is 259 g/mol. The molecule has 0 amide bonds. The van der Waals surface area contributed by atoms with Gasteiger partial charge in [-0.2, -0.15) is 13.2 Å². The fourth-order valence-corrected chi connectivity index (χ4v) is 1.93. The van der Waals surface area contributed by atoms with Crippen LogP contribution in [0.3, 0.4) is 0 Å². The zero-order valence-electron chi connectivity index (χ0n) is 9.91. The van der Waals surface area contributed by atoms with E-state index in [2.05, 4.69) is 0 Å². The van der Waals surface area contributed by atoms with Gasteiger partial charge in [0.05, 0.1) is 11.8 Å². The molecule has 17 heavy (non-hydrogen) atoms. The highest BCUT2D eigenvalue weighted by Gasteiger charge is 2.53. The van der Waals surface area contributed by atoms with Crippen molar-refractivity contribution < 1.29 is 23.1 Å². The number of rotatable bonds is 1. The minimum Gasteiger partial charge on any atom is -0.481 e. The molecule has 0 spiro atoms. The Bertz CT molecular complexity index is 288. The summed E-state index contributed by atoms with van der Waals surface area (Å²) >= 11 is 0. The van der Waals surface area contributed by atoms with Crippen LogP contribution in [0.15, 0.2) is 0 Å². The number of alkyl halides is 3. The number of aliphatic carboxylic acids is 1. The van der Waals surface area contributed by atoms with E-state index in [4.69, 9.17) is 5.11 Å². The van der Waals surface area contributed by atoms with Crippen LogP contribution in [0, 0.1) is 11.8 Å². The maximum Gasteiger partial charge on any atom is 0.393 e. The summed E-state index contributed by atoms with van der Waals surface area (Å²) in [5.41, 5.74) is -0.437. The van der Waals surface area contributed by atoms with Crippen molar-refractivity contribution in [3.8, 4) is 0 Å². The SMILES string of the molecule is CC(C)(C)N1CC(C(=O)O)C(C(F)(F)F)C1.Cl. The zero-order valence-corrected chi connectivity index (χ0v) is 10.7. The van der Waals surface area contributed by atoms with Gasteiger partial charge in [-0.15, -0.1) is 12.4 Å². The molecule has 1 N–H and O–H groups in total. The standard InChI is InChI=1S/C10H16F3NO2.ClH/c1-9(2,3)14-4-6(8(15)16)7(5-14)10(11,12)13;/h6-7H,4-5H2,1-3H3,(H,15,16);1H. The topological polar surface area (TPSA) is 40.5 Å². The Morgan fingerprint density at radius 2 is 1.71 bits per heavy atom. The summed E-state index contributed by atoms with van der Waals surface area (Å²) in [5.74, 6) is -4.47. The highest BCUT2D eigenvalue weighted by atomic mass is 35.5. The van der Waals surface area contributed by atoms with Gasteiger partial charge >= 0.3 is 12.1 Å². The first-order valence-corrected chi connectivity index (χ1v) is 5.08. The fraction of sp³-hybridized carbons (Fsp3) is 0.900. The number of likely N-dealkylation sites (tertiary alicyclic amines) is 1. The third-order valence-electron chi connectivity index (χ3n) is 3.01. The van der Waals surface area contributed by atoms with Crippen molar-refractivity contribution in [2.45, 2.75) is 32.5 Å². The van der Waals surface area contributed by atoms with Gasteiger partial charge in [-0.25, -0.2) is 0 Å². The molecule has 102 valence electrons. The van der Waals surface area contributed by atoms with Crippen molar-refractivity contribution in [1.82, 2.24) is 4.90 Å². The van der Waals surface area contributed by atoms with Crippen LogP contribution in [0.25, 0.3) is 0 Å². The molecule has 3 nitrogen and oxygen atoms in total. The van der Waals surface area contributed by atoms with Crippen LogP contribution in [0.1, 0.15) is 20.8 Å². The first-order valence-electron chi connectivity index (χ1n) is 5.08. The van der Waals surface area contributed by atoms with Crippen molar-refractivity contribution in [3.05, 3.63) is 0 Å². The first-order chi connectivity index (χ1) is 7.03. The van der Waals surface area contributed by atoms with Crippen molar-refractivity contribution in [2.75, 3.05) is 13.1 Å². The monoisotopic (exact) mass is 275 g/mol. The molecule has 0 bridgehead atoms. The van der Waals surface area contributed by atoms with E-state index >= 15 is 0 Å². The Morgan fingerprint density at radius 3 is 1.94 bits per heavy atom. The lowest BCUT2D eigenvalue weighted by Crippen LogP contribution is -2.40. The Kier molecular flexibility index (Phi) is 4.87. The van der Waals surface area contributed by atoms with Crippen LogP contribution in [0.2, 0.25) is 0 Å². The molecule has 0 aromatic heterocycles. The van der Waals surface area contributed by atoms with Crippen LogP contribution in [0.5, 0.6) is 0 Å². The van der Waals surface area contributed by atoms with Crippen LogP contribution in [-0.4, -0.2) is 40.8 Å². The maximum absolute atomic E-state index is 12.6. The fourth-order valence-electron chi connectivity index (χ4n) is 1.93. The number of carbonyl (C=O) groups is 1. The van der Waals surface area contributed by atoms with Gasteiger partial charge in [-0.05, 0) is 20.8 Å². The Labute approximate surface area is 104 Å². The van der Waals surface area contributed by atoms with Gasteiger partial charge in [0, 0.05) is 18.6 Å². The number of nitrogens with zero attached hydrogens (tertiary/aromatic N) is 1. The average Bonchev–Trinajstić information content (AvgIpc) is 2.44. The second kappa shape index (κ2) is 5.02.